The summed E-state index contributed by atoms with van der Waals surface area (Å²) >= 11 is 0. The van der Waals surface area contributed by atoms with Crippen molar-refractivity contribution in [1.82, 2.24) is 9.78 Å². The summed E-state index contributed by atoms with van der Waals surface area (Å²) in [6.45, 7) is 0. The molecule has 1 aromatic heterocycles. The van der Waals surface area contributed by atoms with Crippen molar-refractivity contribution in [1.29, 1.82) is 0 Å². The van der Waals surface area contributed by atoms with Gasteiger partial charge in [0.05, 0.1) is 35.3 Å². The maximum atomic E-state index is 13.8. The number of carbonyl (C=O) groups excluding carboxylic acids is 2. The van der Waals surface area contributed by atoms with Crippen LogP contribution in [0.5, 0.6) is 0 Å². The van der Waals surface area contributed by atoms with Crippen LogP contribution in [0.25, 0.3) is 16.9 Å². The van der Waals surface area contributed by atoms with Crippen LogP contribution in [-0.2, 0) is 25.5 Å². The number of methoxy groups -OCH3 is 2. The fourth-order valence-corrected chi connectivity index (χ4v) is 5.26. The predicted molar refractivity (Wildman–Crippen MR) is 129 cm³/mol. The van der Waals surface area contributed by atoms with Gasteiger partial charge >= 0.3 is 18.1 Å². The standard InChI is InChI=1S/C26H19F3N2O6S/c1-36-24(32)21-22(30-31(23(21)25(33)37-2)17-9-5-3-6-10-17)19-15-16(26(27,28)29)13-14-20(19)38(34,35)18-11-7-4-8-12-18/h3-15H,1-2H3. The van der Waals surface area contributed by atoms with Crippen LogP contribution in [0.15, 0.2) is 88.7 Å². The van der Waals surface area contributed by atoms with Crippen molar-refractivity contribution >= 4 is 21.8 Å². The monoisotopic (exact) mass is 544 g/mol. The molecular weight excluding hydrogens is 525 g/mol. The van der Waals surface area contributed by atoms with Crippen LogP contribution in [0.2, 0.25) is 0 Å². The van der Waals surface area contributed by atoms with Gasteiger partial charge in [0.2, 0.25) is 9.84 Å². The predicted octanol–water partition coefficient (Wildman–Crippen LogP) is 4.96. The molecule has 0 atom stereocenters. The molecule has 4 aromatic rings. The second-order valence-electron chi connectivity index (χ2n) is 7.83. The molecule has 0 fully saturated rings. The number of aromatic nitrogens is 2. The van der Waals surface area contributed by atoms with E-state index in [0.717, 1.165) is 25.0 Å². The highest BCUT2D eigenvalue weighted by Gasteiger charge is 2.37. The largest absolute Gasteiger partial charge is 0.465 e. The van der Waals surface area contributed by atoms with Crippen molar-refractivity contribution in [2.75, 3.05) is 14.2 Å². The minimum absolute atomic E-state index is 0.198. The molecule has 0 aliphatic rings. The number of carbonyl (C=O) groups is 2. The van der Waals surface area contributed by atoms with E-state index in [4.69, 9.17) is 9.47 Å². The second kappa shape index (κ2) is 10.1. The average Bonchev–Trinajstić information content (AvgIpc) is 3.33. The molecule has 0 radical (unpaired) electrons. The Kier molecular flexibility index (Phi) is 7.09. The van der Waals surface area contributed by atoms with Crippen LogP contribution in [0.4, 0.5) is 13.2 Å². The summed E-state index contributed by atoms with van der Waals surface area (Å²) in [7, 11) is -2.36. The lowest BCUT2D eigenvalue weighted by Crippen LogP contribution is -2.15. The molecule has 0 bridgehead atoms. The Bertz CT molecular complexity index is 1620. The summed E-state index contributed by atoms with van der Waals surface area (Å²) in [6, 6.07) is 16.9. The number of ether oxygens (including phenoxy) is 2. The van der Waals surface area contributed by atoms with Gasteiger partial charge in [0.1, 0.15) is 11.3 Å². The highest BCUT2D eigenvalue weighted by Crippen LogP contribution is 2.39. The molecule has 0 spiro atoms. The number of para-hydroxylation sites is 1. The number of rotatable bonds is 6. The Morgan fingerprint density at radius 3 is 1.97 bits per heavy atom. The summed E-state index contributed by atoms with van der Waals surface area (Å²) < 4.78 is 79.0. The Morgan fingerprint density at radius 2 is 1.42 bits per heavy atom. The van der Waals surface area contributed by atoms with E-state index in [1.165, 1.54) is 36.4 Å². The van der Waals surface area contributed by atoms with Gasteiger partial charge < -0.3 is 9.47 Å². The lowest BCUT2D eigenvalue weighted by molar-refractivity contribution is -0.137. The average molecular weight is 545 g/mol. The molecule has 4 rings (SSSR count). The van der Waals surface area contributed by atoms with E-state index < -0.39 is 60.9 Å². The molecule has 0 aliphatic carbocycles. The topological polar surface area (TPSA) is 105 Å². The van der Waals surface area contributed by atoms with Gasteiger partial charge in [0.15, 0.2) is 5.69 Å². The molecule has 0 aliphatic heterocycles. The van der Waals surface area contributed by atoms with Crippen LogP contribution in [0.1, 0.15) is 26.4 Å². The Hall–Kier alpha value is -4.45. The van der Waals surface area contributed by atoms with Gasteiger partial charge in [0, 0.05) is 5.56 Å². The first-order valence-electron chi connectivity index (χ1n) is 10.9. The molecule has 38 heavy (non-hydrogen) atoms. The lowest BCUT2D eigenvalue weighted by atomic mass is 10.0. The molecule has 0 saturated carbocycles. The van der Waals surface area contributed by atoms with E-state index in [-0.39, 0.29) is 10.6 Å². The molecule has 196 valence electrons. The van der Waals surface area contributed by atoms with E-state index >= 15 is 0 Å². The normalized spacial score (nSPS) is 11.7. The fourth-order valence-electron chi connectivity index (χ4n) is 3.80. The van der Waals surface area contributed by atoms with Crippen LogP contribution < -0.4 is 0 Å². The first kappa shape index (κ1) is 26.6. The molecule has 1 heterocycles. The van der Waals surface area contributed by atoms with Gasteiger partial charge in [-0.25, -0.2) is 22.7 Å². The van der Waals surface area contributed by atoms with Crippen molar-refractivity contribution in [3.8, 4) is 16.9 Å². The van der Waals surface area contributed by atoms with Crippen LogP contribution in [0, 0.1) is 0 Å². The quantitative estimate of drug-likeness (QED) is 0.316. The maximum absolute atomic E-state index is 13.8. The summed E-state index contributed by atoms with van der Waals surface area (Å²) in [5.74, 6) is -2.18. The van der Waals surface area contributed by atoms with Crippen LogP contribution in [0.3, 0.4) is 0 Å². The molecule has 0 saturated heterocycles. The van der Waals surface area contributed by atoms with Gasteiger partial charge in [-0.15, -0.1) is 0 Å². The van der Waals surface area contributed by atoms with Crippen LogP contribution in [-0.4, -0.2) is 44.4 Å². The third-order valence-corrected chi connectivity index (χ3v) is 7.39. The minimum atomic E-state index is -4.86. The van der Waals surface area contributed by atoms with Gasteiger partial charge in [-0.05, 0) is 42.5 Å². The van der Waals surface area contributed by atoms with E-state index in [9.17, 15) is 31.2 Å². The molecule has 0 amide bonds. The van der Waals surface area contributed by atoms with Crippen molar-refractivity contribution in [2.24, 2.45) is 0 Å². The molecule has 0 N–H and O–H groups in total. The molecule has 0 unspecified atom stereocenters. The van der Waals surface area contributed by atoms with Gasteiger partial charge in [-0.3, -0.25) is 0 Å². The Morgan fingerprint density at radius 1 is 0.842 bits per heavy atom. The fraction of sp³-hybridized carbons (Fsp3) is 0.115. The van der Waals surface area contributed by atoms with Gasteiger partial charge in [-0.2, -0.15) is 18.3 Å². The zero-order chi connectivity index (χ0) is 27.7. The summed E-state index contributed by atoms with van der Waals surface area (Å²) in [6.07, 6.45) is -4.86. The van der Waals surface area contributed by atoms with Gasteiger partial charge in [-0.1, -0.05) is 36.4 Å². The Balaban J connectivity index is 2.15. The highest BCUT2D eigenvalue weighted by atomic mass is 32.2. The SMILES string of the molecule is COC(=O)c1c(-c2cc(C(F)(F)F)ccc2S(=O)(=O)c2ccccc2)nn(-c2ccccc2)c1C(=O)OC. The van der Waals surface area contributed by atoms with Crippen molar-refractivity contribution in [2.45, 2.75) is 16.0 Å². The van der Waals surface area contributed by atoms with E-state index in [1.807, 2.05) is 0 Å². The highest BCUT2D eigenvalue weighted by molar-refractivity contribution is 7.91. The second-order valence-corrected chi connectivity index (χ2v) is 9.75. The molecule has 8 nitrogen and oxygen atoms in total. The first-order valence-corrected chi connectivity index (χ1v) is 12.4. The number of sulfone groups is 1. The van der Waals surface area contributed by atoms with Crippen molar-refractivity contribution < 1.29 is 40.7 Å². The lowest BCUT2D eigenvalue weighted by Gasteiger charge is -2.14. The number of hydrogen-bond donors (Lipinski definition) is 0. The number of alkyl halides is 3. The number of hydrogen-bond acceptors (Lipinski definition) is 7. The van der Waals surface area contributed by atoms with E-state index in [1.54, 1.807) is 24.3 Å². The van der Waals surface area contributed by atoms with Crippen molar-refractivity contribution in [3.63, 3.8) is 0 Å². The molecule has 12 heteroatoms. The van der Waals surface area contributed by atoms with Crippen molar-refractivity contribution in [3.05, 3.63) is 95.7 Å². The van der Waals surface area contributed by atoms with E-state index in [2.05, 4.69) is 5.10 Å². The summed E-state index contributed by atoms with van der Waals surface area (Å²) in [5.41, 5.74) is -3.02. The minimum Gasteiger partial charge on any atom is -0.465 e. The van der Waals surface area contributed by atoms with Crippen LogP contribution >= 0.6 is 0 Å². The first-order chi connectivity index (χ1) is 18.0. The number of halogens is 3. The third-order valence-electron chi connectivity index (χ3n) is 5.56. The summed E-state index contributed by atoms with van der Waals surface area (Å²) in [5, 5.41) is 4.26. The van der Waals surface area contributed by atoms with E-state index in [0.29, 0.717) is 12.1 Å². The Labute approximate surface area is 215 Å². The third kappa shape index (κ3) is 4.77. The maximum Gasteiger partial charge on any atom is 0.416 e. The molecular formula is C26H19F3N2O6S. The number of esters is 2. The number of benzene rings is 3. The molecule has 3 aromatic carbocycles. The smallest absolute Gasteiger partial charge is 0.416 e. The zero-order valence-electron chi connectivity index (χ0n) is 19.9. The zero-order valence-corrected chi connectivity index (χ0v) is 20.7. The van der Waals surface area contributed by atoms with Gasteiger partial charge in [0.25, 0.3) is 0 Å². The summed E-state index contributed by atoms with van der Waals surface area (Å²) in [4.78, 5) is 25.0. The number of nitrogens with zero attached hydrogens (tertiary/aromatic N) is 2.